The maximum Gasteiger partial charge on any atom is 0.227 e. The van der Waals surface area contributed by atoms with E-state index in [-0.39, 0.29) is 12.3 Å². The minimum absolute atomic E-state index is 0.157. The van der Waals surface area contributed by atoms with Crippen molar-refractivity contribution >= 4 is 23.3 Å². The summed E-state index contributed by atoms with van der Waals surface area (Å²) in [6.45, 7) is 0. The van der Waals surface area contributed by atoms with Crippen LogP contribution in [0.4, 0.5) is 5.82 Å². The average Bonchev–Trinajstić information content (AvgIpc) is 3.04. The third-order valence-corrected chi connectivity index (χ3v) is 3.32. The van der Waals surface area contributed by atoms with Crippen LogP contribution < -0.4 is 5.32 Å². The second kappa shape index (κ2) is 7.02. The number of anilines is 1. The summed E-state index contributed by atoms with van der Waals surface area (Å²) in [5.41, 5.74) is 0.808. The summed E-state index contributed by atoms with van der Waals surface area (Å²) in [6.07, 6.45) is 2.21. The molecular weight excluding hydrogens is 316 g/mol. The fourth-order valence-corrected chi connectivity index (χ4v) is 2.06. The first-order valence-electron chi connectivity index (χ1n) is 7.00. The van der Waals surface area contributed by atoms with E-state index in [2.05, 4.69) is 20.4 Å². The van der Waals surface area contributed by atoms with Crippen molar-refractivity contribution < 1.29 is 9.32 Å². The van der Waals surface area contributed by atoms with Crippen molar-refractivity contribution in [2.45, 2.75) is 12.8 Å². The molecule has 3 aromatic rings. The van der Waals surface area contributed by atoms with Crippen LogP contribution in [0, 0.1) is 0 Å². The molecule has 1 aromatic carbocycles. The lowest BCUT2D eigenvalue weighted by molar-refractivity contribution is -0.116. The summed E-state index contributed by atoms with van der Waals surface area (Å²) >= 11 is 5.84. The summed E-state index contributed by atoms with van der Waals surface area (Å²) in [5, 5.41) is 7.25. The first-order valence-corrected chi connectivity index (χ1v) is 7.38. The number of carbonyl (C=O) groups is 1. The lowest BCUT2D eigenvalue weighted by Crippen LogP contribution is -2.13. The standard InChI is InChI=1S/C16H13ClN4O2/c17-12-6-4-11(5-7-12)16-20-15(23-21-16)9-8-14(22)19-13-3-1-2-10-18-13/h1-7,10H,8-9H2,(H,18,19,22). The van der Waals surface area contributed by atoms with Crippen LogP contribution in [0.2, 0.25) is 5.02 Å². The van der Waals surface area contributed by atoms with E-state index in [0.717, 1.165) is 5.56 Å². The van der Waals surface area contributed by atoms with Crippen molar-refractivity contribution in [3.63, 3.8) is 0 Å². The predicted octanol–water partition coefficient (Wildman–Crippen LogP) is 3.36. The Kier molecular flexibility index (Phi) is 4.63. The number of hydrogen-bond donors (Lipinski definition) is 1. The van der Waals surface area contributed by atoms with Crippen LogP contribution in [0.1, 0.15) is 12.3 Å². The van der Waals surface area contributed by atoms with E-state index in [9.17, 15) is 4.79 Å². The fraction of sp³-hybridized carbons (Fsp3) is 0.125. The van der Waals surface area contributed by atoms with Gasteiger partial charge in [-0.05, 0) is 36.4 Å². The molecule has 0 unspecified atom stereocenters. The molecule has 0 saturated heterocycles. The molecule has 116 valence electrons. The van der Waals surface area contributed by atoms with E-state index in [1.807, 2.05) is 12.1 Å². The van der Waals surface area contributed by atoms with Gasteiger partial charge in [0.25, 0.3) is 0 Å². The molecule has 0 saturated carbocycles. The Morgan fingerprint density at radius 1 is 1.17 bits per heavy atom. The summed E-state index contributed by atoms with van der Waals surface area (Å²) in [6, 6.07) is 12.4. The van der Waals surface area contributed by atoms with Gasteiger partial charge in [0, 0.05) is 29.6 Å². The monoisotopic (exact) mass is 328 g/mol. The van der Waals surface area contributed by atoms with Crippen molar-refractivity contribution in [1.29, 1.82) is 0 Å². The smallest absolute Gasteiger partial charge is 0.227 e. The number of aromatic nitrogens is 3. The number of pyridine rings is 1. The quantitative estimate of drug-likeness (QED) is 0.776. The normalized spacial score (nSPS) is 10.5. The molecule has 2 aromatic heterocycles. The summed E-state index contributed by atoms with van der Waals surface area (Å²) < 4.78 is 5.16. The zero-order valence-electron chi connectivity index (χ0n) is 12.1. The van der Waals surface area contributed by atoms with Gasteiger partial charge >= 0.3 is 0 Å². The number of benzene rings is 1. The van der Waals surface area contributed by atoms with Gasteiger partial charge in [0.2, 0.25) is 17.6 Å². The molecular formula is C16H13ClN4O2. The Balaban J connectivity index is 1.57. The largest absolute Gasteiger partial charge is 0.339 e. The Hall–Kier alpha value is -2.73. The van der Waals surface area contributed by atoms with Crippen molar-refractivity contribution in [1.82, 2.24) is 15.1 Å². The van der Waals surface area contributed by atoms with Gasteiger partial charge in [-0.25, -0.2) is 4.98 Å². The Labute approximate surface area is 137 Å². The number of aryl methyl sites for hydroxylation is 1. The molecule has 1 N–H and O–H groups in total. The molecule has 0 aliphatic carbocycles. The maximum atomic E-state index is 11.8. The van der Waals surface area contributed by atoms with Crippen LogP contribution in [0.15, 0.2) is 53.2 Å². The van der Waals surface area contributed by atoms with Crippen molar-refractivity contribution in [3.05, 3.63) is 59.6 Å². The van der Waals surface area contributed by atoms with E-state index in [0.29, 0.717) is 29.0 Å². The summed E-state index contributed by atoms with van der Waals surface area (Å²) in [7, 11) is 0. The number of amides is 1. The zero-order chi connectivity index (χ0) is 16.1. The second-order valence-electron chi connectivity index (χ2n) is 4.78. The topological polar surface area (TPSA) is 80.9 Å². The number of halogens is 1. The Bertz CT molecular complexity index is 787. The number of nitrogens with one attached hydrogen (secondary N) is 1. The van der Waals surface area contributed by atoms with Gasteiger partial charge in [-0.1, -0.05) is 22.8 Å². The third kappa shape index (κ3) is 4.14. The molecule has 0 aliphatic heterocycles. The van der Waals surface area contributed by atoms with Gasteiger partial charge < -0.3 is 9.84 Å². The molecule has 7 heteroatoms. The predicted molar refractivity (Wildman–Crippen MR) is 85.9 cm³/mol. The number of rotatable bonds is 5. The summed E-state index contributed by atoms with van der Waals surface area (Å²) in [4.78, 5) is 20.1. The highest BCUT2D eigenvalue weighted by molar-refractivity contribution is 6.30. The lowest BCUT2D eigenvalue weighted by Gasteiger charge is -2.01. The second-order valence-corrected chi connectivity index (χ2v) is 5.22. The highest BCUT2D eigenvalue weighted by Gasteiger charge is 2.11. The molecule has 1 amide bonds. The maximum absolute atomic E-state index is 11.8. The molecule has 0 atom stereocenters. The Morgan fingerprint density at radius 2 is 2.00 bits per heavy atom. The van der Waals surface area contributed by atoms with E-state index < -0.39 is 0 Å². The zero-order valence-corrected chi connectivity index (χ0v) is 12.8. The first kappa shape index (κ1) is 15.2. The molecule has 0 fully saturated rings. The molecule has 0 aliphatic rings. The van der Waals surface area contributed by atoms with Crippen LogP contribution in [-0.4, -0.2) is 21.0 Å². The van der Waals surface area contributed by atoms with Crippen molar-refractivity contribution in [2.24, 2.45) is 0 Å². The minimum atomic E-state index is -0.157. The van der Waals surface area contributed by atoms with Crippen molar-refractivity contribution in [3.8, 4) is 11.4 Å². The third-order valence-electron chi connectivity index (χ3n) is 3.07. The van der Waals surface area contributed by atoms with Crippen LogP contribution in [0.3, 0.4) is 0 Å². The van der Waals surface area contributed by atoms with Crippen LogP contribution in [0.5, 0.6) is 0 Å². The number of hydrogen-bond acceptors (Lipinski definition) is 5. The molecule has 3 rings (SSSR count). The SMILES string of the molecule is O=C(CCc1nc(-c2ccc(Cl)cc2)no1)Nc1ccccn1. The van der Waals surface area contributed by atoms with Crippen LogP contribution >= 0.6 is 11.6 Å². The molecule has 0 radical (unpaired) electrons. The molecule has 23 heavy (non-hydrogen) atoms. The van der Waals surface area contributed by atoms with Crippen molar-refractivity contribution in [2.75, 3.05) is 5.32 Å². The lowest BCUT2D eigenvalue weighted by atomic mass is 10.2. The number of carbonyl (C=O) groups excluding carboxylic acids is 1. The van der Waals surface area contributed by atoms with E-state index in [4.69, 9.17) is 16.1 Å². The Morgan fingerprint density at radius 3 is 2.74 bits per heavy atom. The highest BCUT2D eigenvalue weighted by atomic mass is 35.5. The first-order chi connectivity index (χ1) is 11.2. The van der Waals surface area contributed by atoms with Crippen LogP contribution in [0.25, 0.3) is 11.4 Å². The van der Waals surface area contributed by atoms with Gasteiger partial charge in [0.15, 0.2) is 0 Å². The minimum Gasteiger partial charge on any atom is -0.339 e. The van der Waals surface area contributed by atoms with E-state index in [1.165, 1.54) is 0 Å². The van der Waals surface area contributed by atoms with Gasteiger partial charge in [-0.2, -0.15) is 4.98 Å². The van der Waals surface area contributed by atoms with Gasteiger partial charge in [-0.3, -0.25) is 4.79 Å². The number of nitrogens with zero attached hydrogens (tertiary/aromatic N) is 3. The summed E-state index contributed by atoms with van der Waals surface area (Å²) in [5.74, 6) is 1.24. The highest BCUT2D eigenvalue weighted by Crippen LogP contribution is 2.19. The van der Waals surface area contributed by atoms with Crippen LogP contribution in [-0.2, 0) is 11.2 Å². The molecule has 2 heterocycles. The van der Waals surface area contributed by atoms with Gasteiger partial charge in [0.05, 0.1) is 0 Å². The van der Waals surface area contributed by atoms with E-state index in [1.54, 1.807) is 36.5 Å². The van der Waals surface area contributed by atoms with Gasteiger partial charge in [-0.15, -0.1) is 0 Å². The fourth-order valence-electron chi connectivity index (χ4n) is 1.94. The van der Waals surface area contributed by atoms with E-state index >= 15 is 0 Å². The molecule has 6 nitrogen and oxygen atoms in total. The van der Waals surface area contributed by atoms with Gasteiger partial charge in [0.1, 0.15) is 5.82 Å². The molecule has 0 bridgehead atoms. The average molecular weight is 329 g/mol. The molecule has 0 spiro atoms.